The molecule has 0 radical (unpaired) electrons. The highest BCUT2D eigenvalue weighted by Gasteiger charge is 2.17. The van der Waals surface area contributed by atoms with Crippen molar-refractivity contribution in [2.75, 3.05) is 11.4 Å². The van der Waals surface area contributed by atoms with Crippen molar-refractivity contribution in [1.82, 2.24) is 9.97 Å². The lowest BCUT2D eigenvalue weighted by atomic mass is 10.0. The SMILES string of the molecule is CCCN(Cc1ccc2nc(-c3ccccc3C(=O)O)ccc2c1)c1ncccc1C(=O)O. The second-order valence-electron chi connectivity index (χ2n) is 7.68. The van der Waals surface area contributed by atoms with E-state index in [0.29, 0.717) is 30.2 Å². The number of hydrogen-bond donors (Lipinski definition) is 2. The summed E-state index contributed by atoms with van der Waals surface area (Å²) in [4.78, 5) is 34.2. The van der Waals surface area contributed by atoms with Crippen LogP contribution in [0.5, 0.6) is 0 Å². The van der Waals surface area contributed by atoms with Gasteiger partial charge < -0.3 is 15.1 Å². The maximum absolute atomic E-state index is 11.7. The van der Waals surface area contributed by atoms with Crippen molar-refractivity contribution >= 4 is 28.7 Å². The molecular weight excluding hydrogens is 418 g/mol. The Morgan fingerprint density at radius 3 is 2.42 bits per heavy atom. The zero-order chi connectivity index (χ0) is 23.4. The predicted molar refractivity (Wildman–Crippen MR) is 127 cm³/mol. The molecular formula is C26H23N3O4. The number of anilines is 1. The maximum Gasteiger partial charge on any atom is 0.339 e. The fourth-order valence-electron chi connectivity index (χ4n) is 3.88. The molecule has 4 aromatic rings. The summed E-state index contributed by atoms with van der Waals surface area (Å²) in [5.74, 6) is -1.55. The van der Waals surface area contributed by atoms with Gasteiger partial charge in [-0.05, 0) is 48.4 Å². The van der Waals surface area contributed by atoms with Gasteiger partial charge in [-0.3, -0.25) is 0 Å². The molecule has 0 aliphatic rings. The molecule has 4 rings (SSSR count). The molecule has 2 N–H and O–H groups in total. The molecule has 0 bridgehead atoms. The molecule has 7 heteroatoms. The smallest absolute Gasteiger partial charge is 0.339 e. The van der Waals surface area contributed by atoms with Crippen molar-refractivity contribution in [3.05, 3.63) is 89.6 Å². The van der Waals surface area contributed by atoms with E-state index in [0.717, 1.165) is 22.9 Å². The Kier molecular flexibility index (Phi) is 6.31. The summed E-state index contributed by atoms with van der Waals surface area (Å²) in [6.07, 6.45) is 2.45. The van der Waals surface area contributed by atoms with Gasteiger partial charge in [0.25, 0.3) is 0 Å². The first kappa shape index (κ1) is 22.0. The van der Waals surface area contributed by atoms with Gasteiger partial charge in [0.1, 0.15) is 11.4 Å². The Hall–Kier alpha value is -4.26. The zero-order valence-corrected chi connectivity index (χ0v) is 18.1. The standard InChI is InChI=1S/C26H23N3O4/c1-2-14-29(24-21(26(32)33)8-5-13-27-24)16-17-9-11-22-18(15-17)10-12-23(28-22)19-6-3-4-7-20(19)25(30)31/h3-13,15H,2,14,16H2,1H3,(H,30,31)(H,32,33). The van der Waals surface area contributed by atoms with E-state index in [2.05, 4.69) is 9.97 Å². The molecule has 0 aliphatic heterocycles. The molecule has 2 aromatic heterocycles. The molecule has 33 heavy (non-hydrogen) atoms. The fraction of sp³-hybridized carbons (Fsp3) is 0.154. The highest BCUT2D eigenvalue weighted by atomic mass is 16.4. The van der Waals surface area contributed by atoms with Crippen LogP contribution in [0.3, 0.4) is 0 Å². The molecule has 0 saturated heterocycles. The number of rotatable bonds is 8. The van der Waals surface area contributed by atoms with Gasteiger partial charge in [0.05, 0.1) is 16.8 Å². The maximum atomic E-state index is 11.7. The summed E-state index contributed by atoms with van der Waals surface area (Å²) >= 11 is 0. The zero-order valence-electron chi connectivity index (χ0n) is 18.1. The van der Waals surface area contributed by atoms with Crippen LogP contribution in [0.15, 0.2) is 72.9 Å². The first-order valence-corrected chi connectivity index (χ1v) is 10.6. The van der Waals surface area contributed by atoms with Crippen LogP contribution in [-0.4, -0.2) is 38.7 Å². The number of aromatic nitrogens is 2. The lowest BCUT2D eigenvalue weighted by Gasteiger charge is -2.24. The Bertz CT molecular complexity index is 1340. The summed E-state index contributed by atoms with van der Waals surface area (Å²) in [5, 5.41) is 19.9. The van der Waals surface area contributed by atoms with E-state index in [1.165, 1.54) is 0 Å². The van der Waals surface area contributed by atoms with E-state index < -0.39 is 11.9 Å². The second-order valence-corrected chi connectivity index (χ2v) is 7.68. The number of hydrogen-bond acceptors (Lipinski definition) is 5. The van der Waals surface area contributed by atoms with E-state index in [9.17, 15) is 19.8 Å². The number of pyridine rings is 2. The number of carbonyl (C=O) groups is 2. The van der Waals surface area contributed by atoms with Crippen molar-refractivity contribution in [2.24, 2.45) is 0 Å². The Morgan fingerprint density at radius 1 is 0.909 bits per heavy atom. The summed E-state index contributed by atoms with van der Waals surface area (Å²) in [5.41, 5.74) is 3.30. The lowest BCUT2D eigenvalue weighted by Crippen LogP contribution is -2.26. The molecule has 7 nitrogen and oxygen atoms in total. The highest BCUT2D eigenvalue weighted by Crippen LogP contribution is 2.26. The van der Waals surface area contributed by atoms with Gasteiger partial charge in [0.15, 0.2) is 0 Å². The van der Waals surface area contributed by atoms with E-state index in [4.69, 9.17) is 0 Å². The molecule has 0 saturated carbocycles. The third-order valence-corrected chi connectivity index (χ3v) is 5.37. The van der Waals surface area contributed by atoms with E-state index in [1.54, 1.807) is 42.6 Å². The van der Waals surface area contributed by atoms with Crippen LogP contribution < -0.4 is 4.90 Å². The predicted octanol–water partition coefficient (Wildman–Crippen LogP) is 5.11. The van der Waals surface area contributed by atoms with Crippen molar-refractivity contribution in [2.45, 2.75) is 19.9 Å². The summed E-state index contributed by atoms with van der Waals surface area (Å²) < 4.78 is 0. The number of carboxylic acids is 2. The molecule has 0 fully saturated rings. The molecule has 2 heterocycles. The number of carboxylic acid groups (broad SMARTS) is 2. The van der Waals surface area contributed by atoms with Crippen molar-refractivity contribution in [3.63, 3.8) is 0 Å². The second kappa shape index (κ2) is 9.48. The number of fused-ring (bicyclic) bond motifs is 1. The van der Waals surface area contributed by atoms with E-state index in [-0.39, 0.29) is 11.1 Å². The van der Waals surface area contributed by atoms with Crippen LogP contribution in [0.4, 0.5) is 5.82 Å². The van der Waals surface area contributed by atoms with Gasteiger partial charge in [-0.2, -0.15) is 0 Å². The molecule has 2 aromatic carbocycles. The molecule has 166 valence electrons. The van der Waals surface area contributed by atoms with Crippen LogP contribution in [0, 0.1) is 0 Å². The molecule has 0 amide bonds. The number of nitrogens with zero attached hydrogens (tertiary/aromatic N) is 3. The topological polar surface area (TPSA) is 104 Å². The summed E-state index contributed by atoms with van der Waals surface area (Å²) in [6, 6.07) is 19.6. The van der Waals surface area contributed by atoms with Crippen LogP contribution in [-0.2, 0) is 6.54 Å². The highest BCUT2D eigenvalue weighted by molar-refractivity contribution is 5.96. The monoisotopic (exact) mass is 441 g/mol. The largest absolute Gasteiger partial charge is 0.478 e. The third-order valence-electron chi connectivity index (χ3n) is 5.37. The summed E-state index contributed by atoms with van der Waals surface area (Å²) in [7, 11) is 0. The Morgan fingerprint density at radius 2 is 1.67 bits per heavy atom. The van der Waals surface area contributed by atoms with Gasteiger partial charge in [0.2, 0.25) is 0 Å². The average molecular weight is 441 g/mol. The van der Waals surface area contributed by atoms with Gasteiger partial charge in [-0.15, -0.1) is 0 Å². The molecule has 0 aliphatic carbocycles. The minimum Gasteiger partial charge on any atom is -0.478 e. The van der Waals surface area contributed by atoms with Crippen LogP contribution >= 0.6 is 0 Å². The first-order valence-electron chi connectivity index (χ1n) is 10.6. The van der Waals surface area contributed by atoms with Crippen LogP contribution in [0.25, 0.3) is 22.2 Å². The van der Waals surface area contributed by atoms with E-state index in [1.807, 2.05) is 42.2 Å². The minimum atomic E-state index is -1.00. The van der Waals surface area contributed by atoms with Crippen LogP contribution in [0.2, 0.25) is 0 Å². The summed E-state index contributed by atoms with van der Waals surface area (Å²) in [6.45, 7) is 3.21. The normalized spacial score (nSPS) is 10.8. The third kappa shape index (κ3) is 4.67. The van der Waals surface area contributed by atoms with Crippen molar-refractivity contribution in [3.8, 4) is 11.3 Å². The van der Waals surface area contributed by atoms with E-state index >= 15 is 0 Å². The Balaban J connectivity index is 1.67. The van der Waals surface area contributed by atoms with Gasteiger partial charge >= 0.3 is 11.9 Å². The average Bonchev–Trinajstić information content (AvgIpc) is 2.83. The molecule has 0 spiro atoms. The Labute approximate surface area is 191 Å². The van der Waals surface area contributed by atoms with Gasteiger partial charge in [0, 0.05) is 30.2 Å². The minimum absolute atomic E-state index is 0.176. The van der Waals surface area contributed by atoms with Crippen LogP contribution in [0.1, 0.15) is 39.6 Å². The van der Waals surface area contributed by atoms with Gasteiger partial charge in [-0.25, -0.2) is 19.6 Å². The van der Waals surface area contributed by atoms with Gasteiger partial charge in [-0.1, -0.05) is 37.3 Å². The van der Waals surface area contributed by atoms with Crippen molar-refractivity contribution < 1.29 is 19.8 Å². The van der Waals surface area contributed by atoms with Crippen molar-refractivity contribution in [1.29, 1.82) is 0 Å². The first-order chi connectivity index (χ1) is 16.0. The fourth-order valence-corrected chi connectivity index (χ4v) is 3.88. The quantitative estimate of drug-likeness (QED) is 0.392. The lowest BCUT2D eigenvalue weighted by molar-refractivity contribution is 0.0686. The molecule has 0 atom stereocenters. The molecule has 0 unspecified atom stereocenters. The number of aromatic carboxylic acids is 2. The number of benzene rings is 2.